The molecule has 2 rings (SSSR count). The van der Waals surface area contributed by atoms with Gasteiger partial charge in [0.25, 0.3) is 0 Å². The average molecular weight is 279 g/mol. The van der Waals surface area contributed by atoms with E-state index in [2.05, 4.69) is 19.2 Å². The number of allylic oxidation sites excluding steroid dienone is 4. The lowest BCUT2D eigenvalue weighted by molar-refractivity contribution is -0.119. The van der Waals surface area contributed by atoms with Gasteiger partial charge >= 0.3 is 0 Å². The van der Waals surface area contributed by atoms with E-state index in [-0.39, 0.29) is 23.4 Å². The molecule has 1 saturated heterocycles. The second kappa shape index (κ2) is 7.16. The van der Waals surface area contributed by atoms with Crippen LogP contribution in [0.25, 0.3) is 0 Å². The number of piperidine rings is 1. The maximum absolute atomic E-state index is 14.1. The fourth-order valence-electron chi connectivity index (χ4n) is 2.99. The summed E-state index contributed by atoms with van der Waals surface area (Å²) in [5.41, 5.74) is 0.607. The first kappa shape index (κ1) is 15.4. The third-order valence-corrected chi connectivity index (χ3v) is 4.39. The highest BCUT2D eigenvalue weighted by Gasteiger charge is 2.26. The Labute approximate surface area is 121 Å². The minimum absolute atomic E-state index is 0.0121. The highest BCUT2D eigenvalue weighted by molar-refractivity contribution is 6.00. The molecule has 1 atom stereocenters. The number of carbonyl (C=O) groups is 1. The first-order chi connectivity index (χ1) is 9.58. The van der Waals surface area contributed by atoms with Gasteiger partial charge in [0.1, 0.15) is 5.83 Å². The minimum atomic E-state index is -0.0922. The Kier molecular flexibility index (Phi) is 5.53. The molecule has 1 fully saturated rings. The molecule has 0 aromatic carbocycles. The Morgan fingerprint density at radius 1 is 1.40 bits per heavy atom. The zero-order valence-corrected chi connectivity index (χ0v) is 12.6. The van der Waals surface area contributed by atoms with Crippen LogP contribution in [0, 0.1) is 17.8 Å². The molecule has 0 amide bonds. The smallest absolute Gasteiger partial charge is 0.165 e. The molecule has 1 N–H and O–H groups in total. The molecule has 0 aromatic rings. The largest absolute Gasteiger partial charge is 0.317 e. The molecule has 0 spiro atoms. The van der Waals surface area contributed by atoms with Crippen molar-refractivity contribution in [3.8, 4) is 0 Å². The summed E-state index contributed by atoms with van der Waals surface area (Å²) in [6.45, 7) is 6.11. The van der Waals surface area contributed by atoms with E-state index in [1.807, 2.05) is 6.08 Å². The van der Waals surface area contributed by atoms with Crippen LogP contribution in [0.3, 0.4) is 0 Å². The Bertz CT molecular complexity index is 405. The number of carbonyl (C=O) groups excluding carboxylic acids is 1. The van der Waals surface area contributed by atoms with Crippen molar-refractivity contribution in [2.75, 3.05) is 13.1 Å². The number of hydrogen-bond acceptors (Lipinski definition) is 2. The van der Waals surface area contributed by atoms with Crippen LogP contribution < -0.4 is 5.32 Å². The monoisotopic (exact) mass is 279 g/mol. The quantitative estimate of drug-likeness (QED) is 0.829. The highest BCUT2D eigenvalue weighted by Crippen LogP contribution is 2.31. The molecule has 1 heterocycles. The molecule has 1 unspecified atom stereocenters. The van der Waals surface area contributed by atoms with E-state index < -0.39 is 0 Å². The predicted octanol–water partition coefficient (Wildman–Crippen LogP) is 3.79. The van der Waals surface area contributed by atoms with E-state index in [4.69, 9.17) is 0 Å². The zero-order valence-electron chi connectivity index (χ0n) is 12.6. The number of halogens is 1. The molecule has 0 saturated carbocycles. The first-order valence-electron chi connectivity index (χ1n) is 7.90. The van der Waals surface area contributed by atoms with Crippen molar-refractivity contribution in [1.82, 2.24) is 5.32 Å². The lowest BCUT2D eigenvalue weighted by Crippen LogP contribution is -2.32. The maximum atomic E-state index is 14.1. The Morgan fingerprint density at radius 2 is 2.10 bits per heavy atom. The van der Waals surface area contributed by atoms with Gasteiger partial charge in [-0.2, -0.15) is 0 Å². The van der Waals surface area contributed by atoms with Crippen LogP contribution in [0.4, 0.5) is 4.39 Å². The van der Waals surface area contributed by atoms with E-state index in [1.54, 1.807) is 0 Å². The molecule has 20 heavy (non-hydrogen) atoms. The van der Waals surface area contributed by atoms with E-state index in [0.29, 0.717) is 17.9 Å². The van der Waals surface area contributed by atoms with Crippen LogP contribution in [-0.2, 0) is 4.79 Å². The molecule has 0 radical (unpaired) electrons. The minimum Gasteiger partial charge on any atom is -0.317 e. The fourth-order valence-corrected chi connectivity index (χ4v) is 2.99. The summed E-state index contributed by atoms with van der Waals surface area (Å²) in [5, 5.41) is 3.25. The van der Waals surface area contributed by atoms with Crippen molar-refractivity contribution in [2.24, 2.45) is 17.8 Å². The Hall–Kier alpha value is -0.960. The van der Waals surface area contributed by atoms with Gasteiger partial charge in [-0.05, 0) is 50.8 Å². The number of Topliss-reactive ketones (excluding diaryl/α,β-unsaturated/α-hetero) is 1. The molecule has 1 aliphatic heterocycles. The predicted molar refractivity (Wildman–Crippen MR) is 80.1 cm³/mol. The van der Waals surface area contributed by atoms with Crippen LogP contribution in [0.1, 0.15) is 46.0 Å². The Morgan fingerprint density at radius 3 is 2.70 bits per heavy atom. The average Bonchev–Trinajstić information content (AvgIpc) is 2.46. The lowest BCUT2D eigenvalue weighted by atomic mass is 9.84. The van der Waals surface area contributed by atoms with Crippen molar-refractivity contribution in [2.45, 2.75) is 46.0 Å². The van der Waals surface area contributed by atoms with Gasteiger partial charge in [-0.15, -0.1) is 0 Å². The van der Waals surface area contributed by atoms with Crippen LogP contribution >= 0.6 is 0 Å². The number of hydrogen-bond donors (Lipinski definition) is 1. The van der Waals surface area contributed by atoms with Crippen molar-refractivity contribution >= 4 is 5.78 Å². The van der Waals surface area contributed by atoms with Crippen molar-refractivity contribution in [3.05, 3.63) is 23.6 Å². The summed E-state index contributed by atoms with van der Waals surface area (Å²) < 4.78 is 14.1. The maximum Gasteiger partial charge on any atom is 0.165 e. The molecule has 2 aliphatic rings. The third kappa shape index (κ3) is 4.02. The van der Waals surface area contributed by atoms with Crippen LogP contribution in [0.15, 0.2) is 23.6 Å². The summed E-state index contributed by atoms with van der Waals surface area (Å²) in [5.74, 6) is 0.722. The zero-order chi connectivity index (χ0) is 14.5. The van der Waals surface area contributed by atoms with Gasteiger partial charge in [0.15, 0.2) is 5.78 Å². The van der Waals surface area contributed by atoms with Gasteiger partial charge in [-0.25, -0.2) is 4.39 Å². The van der Waals surface area contributed by atoms with Crippen LogP contribution in [0.5, 0.6) is 0 Å². The second-order valence-corrected chi connectivity index (χ2v) is 6.48. The van der Waals surface area contributed by atoms with Crippen molar-refractivity contribution in [1.29, 1.82) is 0 Å². The molecular formula is C17H26FNO. The van der Waals surface area contributed by atoms with E-state index in [9.17, 15) is 9.18 Å². The van der Waals surface area contributed by atoms with Gasteiger partial charge in [0.2, 0.25) is 0 Å². The number of ketones is 1. The second-order valence-electron chi connectivity index (χ2n) is 6.48. The highest BCUT2D eigenvalue weighted by atomic mass is 19.1. The molecule has 0 aromatic heterocycles. The summed E-state index contributed by atoms with van der Waals surface area (Å²) in [4.78, 5) is 12.4. The van der Waals surface area contributed by atoms with Gasteiger partial charge in [0.05, 0.1) is 0 Å². The van der Waals surface area contributed by atoms with Gasteiger partial charge in [-0.3, -0.25) is 4.79 Å². The van der Waals surface area contributed by atoms with Crippen molar-refractivity contribution in [3.63, 3.8) is 0 Å². The molecule has 112 valence electrons. The number of nitrogens with one attached hydrogen (secondary N) is 1. The summed E-state index contributed by atoms with van der Waals surface area (Å²) >= 11 is 0. The van der Waals surface area contributed by atoms with Gasteiger partial charge < -0.3 is 5.32 Å². The third-order valence-electron chi connectivity index (χ3n) is 4.39. The molecule has 3 heteroatoms. The summed E-state index contributed by atoms with van der Waals surface area (Å²) in [7, 11) is 0. The molecule has 1 aliphatic carbocycles. The summed E-state index contributed by atoms with van der Waals surface area (Å²) in [6, 6.07) is 0. The first-order valence-corrected chi connectivity index (χ1v) is 7.90. The normalized spacial score (nSPS) is 24.5. The van der Waals surface area contributed by atoms with E-state index >= 15 is 0 Å². The molecule has 2 nitrogen and oxygen atoms in total. The van der Waals surface area contributed by atoms with Crippen molar-refractivity contribution < 1.29 is 9.18 Å². The Balaban J connectivity index is 1.93. The molecular weight excluding hydrogens is 253 g/mol. The number of rotatable bonds is 5. The summed E-state index contributed by atoms with van der Waals surface area (Å²) in [6.07, 6.45) is 7.81. The topological polar surface area (TPSA) is 29.1 Å². The standard InChI is InChI=1S/C17H26FNO/c1-12(2)3-4-13-5-6-15(11-16(13)18)17(20)14-7-9-19-10-8-14/h6,11-14,19H,3-5,7-10H2,1-2H3. The lowest BCUT2D eigenvalue weighted by Gasteiger charge is -2.24. The van der Waals surface area contributed by atoms with E-state index in [0.717, 1.165) is 38.8 Å². The molecule has 0 bridgehead atoms. The van der Waals surface area contributed by atoms with Crippen LogP contribution in [-0.4, -0.2) is 18.9 Å². The SMILES string of the molecule is CC(C)CCC1CC=C(C(=O)C2CCNCC2)C=C1F. The van der Waals surface area contributed by atoms with Gasteiger partial charge in [-0.1, -0.05) is 26.3 Å². The fraction of sp³-hybridized carbons (Fsp3) is 0.706. The van der Waals surface area contributed by atoms with Gasteiger partial charge in [0, 0.05) is 17.4 Å². The van der Waals surface area contributed by atoms with Crippen LogP contribution in [0.2, 0.25) is 0 Å². The van der Waals surface area contributed by atoms with E-state index in [1.165, 1.54) is 6.08 Å².